The zero-order valence-corrected chi connectivity index (χ0v) is 13.3. The van der Waals surface area contributed by atoms with Crippen molar-refractivity contribution in [2.75, 3.05) is 13.1 Å². The first-order chi connectivity index (χ1) is 9.21. The van der Waals surface area contributed by atoms with Gasteiger partial charge in [-0.2, -0.15) is 0 Å². The normalized spacial score (nSPS) is 10.6. The van der Waals surface area contributed by atoms with Gasteiger partial charge in [0.15, 0.2) is 0 Å². The molecule has 4 nitrogen and oxygen atoms in total. The molecule has 0 aliphatic carbocycles. The predicted octanol–water partition coefficient (Wildman–Crippen LogP) is 3.83. The van der Waals surface area contributed by atoms with Gasteiger partial charge in [0.25, 0.3) is 0 Å². The number of rotatable bonds is 8. The Hall–Kier alpha value is -1.71. The van der Waals surface area contributed by atoms with Crippen LogP contribution in [0.15, 0.2) is 37.2 Å². The summed E-state index contributed by atoms with van der Waals surface area (Å²) in [6.45, 7) is 20.5. The minimum Gasteiger partial charge on any atom is -0.444 e. The number of hydrogen-bond donors (Lipinski definition) is 1. The van der Waals surface area contributed by atoms with E-state index in [4.69, 9.17) is 4.74 Å². The van der Waals surface area contributed by atoms with Crippen molar-refractivity contribution in [3.05, 3.63) is 37.2 Å². The summed E-state index contributed by atoms with van der Waals surface area (Å²) >= 11 is 0. The summed E-state index contributed by atoms with van der Waals surface area (Å²) in [6.07, 6.45) is 2.96. The quantitative estimate of drug-likeness (QED) is 0.543. The lowest BCUT2D eigenvalue weighted by atomic mass is 10.2. The fraction of sp³-hybridized carbons (Fsp3) is 0.562. The summed E-state index contributed by atoms with van der Waals surface area (Å²) in [5, 5.41) is 2.74. The second kappa shape index (κ2) is 8.46. The molecule has 0 heterocycles. The van der Waals surface area contributed by atoms with Crippen molar-refractivity contribution in [3.63, 3.8) is 0 Å². The molecule has 0 unspecified atom stereocenters. The average molecular weight is 280 g/mol. The molecule has 0 saturated carbocycles. The Balaban J connectivity index is 4.13. The van der Waals surface area contributed by atoms with Gasteiger partial charge in [0.2, 0.25) is 0 Å². The molecule has 0 saturated heterocycles. The molecule has 4 heteroatoms. The molecule has 0 atom stereocenters. The molecule has 0 fully saturated rings. The third-order valence-electron chi connectivity index (χ3n) is 2.60. The molecule has 0 radical (unpaired) electrons. The van der Waals surface area contributed by atoms with Gasteiger partial charge < -0.3 is 15.0 Å². The van der Waals surface area contributed by atoms with Gasteiger partial charge in [-0.25, -0.2) is 4.79 Å². The van der Waals surface area contributed by atoms with Crippen LogP contribution in [0.2, 0.25) is 0 Å². The van der Waals surface area contributed by atoms with Gasteiger partial charge in [0.05, 0.1) is 0 Å². The summed E-state index contributed by atoms with van der Waals surface area (Å²) < 4.78 is 5.17. The Morgan fingerprint density at radius 3 is 2.40 bits per heavy atom. The Morgan fingerprint density at radius 2 is 1.95 bits per heavy atom. The minimum absolute atomic E-state index is 0.388. The van der Waals surface area contributed by atoms with Crippen LogP contribution in [0.4, 0.5) is 4.79 Å². The predicted molar refractivity (Wildman–Crippen MR) is 84.3 cm³/mol. The van der Waals surface area contributed by atoms with Gasteiger partial charge in [-0.05, 0) is 39.7 Å². The van der Waals surface area contributed by atoms with Gasteiger partial charge in [-0.3, -0.25) is 0 Å². The van der Waals surface area contributed by atoms with E-state index in [1.807, 2.05) is 32.6 Å². The molecule has 0 aromatic rings. The fourth-order valence-electron chi connectivity index (χ4n) is 1.55. The molecule has 0 spiro atoms. The first kappa shape index (κ1) is 18.3. The van der Waals surface area contributed by atoms with E-state index in [1.165, 1.54) is 0 Å². The maximum atomic E-state index is 11.5. The number of carbonyl (C=O) groups excluding carboxylic acids is 1. The largest absolute Gasteiger partial charge is 0.444 e. The van der Waals surface area contributed by atoms with Gasteiger partial charge in [0.1, 0.15) is 5.60 Å². The van der Waals surface area contributed by atoms with Crippen molar-refractivity contribution in [1.29, 1.82) is 0 Å². The molecule has 1 amide bonds. The molecule has 20 heavy (non-hydrogen) atoms. The van der Waals surface area contributed by atoms with Crippen molar-refractivity contribution in [2.24, 2.45) is 0 Å². The summed E-state index contributed by atoms with van der Waals surface area (Å²) in [5.74, 6) is 0. The van der Waals surface area contributed by atoms with Gasteiger partial charge in [-0.1, -0.05) is 26.7 Å². The van der Waals surface area contributed by atoms with Crippen LogP contribution in [-0.2, 0) is 4.74 Å². The zero-order chi connectivity index (χ0) is 15.8. The molecule has 114 valence electrons. The van der Waals surface area contributed by atoms with Crippen molar-refractivity contribution in [2.45, 2.75) is 46.1 Å². The monoisotopic (exact) mass is 280 g/mol. The van der Waals surface area contributed by atoms with E-state index in [1.54, 1.807) is 6.08 Å². The van der Waals surface area contributed by atoms with Crippen LogP contribution in [0.3, 0.4) is 0 Å². The summed E-state index contributed by atoms with van der Waals surface area (Å²) in [5.41, 5.74) is 1.35. The van der Waals surface area contributed by atoms with Crippen LogP contribution in [0.5, 0.6) is 0 Å². The maximum Gasteiger partial charge on any atom is 0.407 e. The average Bonchev–Trinajstić information content (AvgIpc) is 2.35. The molecular formula is C16H28N2O2. The number of allylic oxidation sites excluding steroid dienone is 2. The summed E-state index contributed by atoms with van der Waals surface area (Å²) in [4.78, 5) is 13.5. The van der Waals surface area contributed by atoms with E-state index in [9.17, 15) is 4.79 Å². The Kier molecular flexibility index (Phi) is 7.74. The first-order valence-electron chi connectivity index (χ1n) is 6.94. The topological polar surface area (TPSA) is 41.6 Å². The second-order valence-electron chi connectivity index (χ2n) is 5.55. The number of alkyl carbamates (subject to hydrolysis) is 1. The van der Waals surface area contributed by atoms with Crippen LogP contribution in [0, 0.1) is 0 Å². The smallest absolute Gasteiger partial charge is 0.407 e. The van der Waals surface area contributed by atoms with Crippen molar-refractivity contribution in [1.82, 2.24) is 10.2 Å². The molecule has 1 N–H and O–H groups in total. The van der Waals surface area contributed by atoms with Gasteiger partial charge in [0, 0.05) is 24.5 Å². The van der Waals surface area contributed by atoms with Crippen molar-refractivity contribution in [3.8, 4) is 0 Å². The van der Waals surface area contributed by atoms with E-state index in [-0.39, 0.29) is 6.09 Å². The Morgan fingerprint density at radius 1 is 1.35 bits per heavy atom. The summed E-state index contributed by atoms with van der Waals surface area (Å²) in [7, 11) is 0. The standard InChI is InChI=1S/C16H28N2O2/c1-8-13(3)18(14(4)9-2)12-10-11-17-15(19)20-16(5,6)7/h8H,1,3-4,9-12H2,2,5-7H3,(H,17,19). The number of carbonyl (C=O) groups is 1. The highest BCUT2D eigenvalue weighted by atomic mass is 16.6. The highest BCUT2D eigenvalue weighted by Gasteiger charge is 2.15. The van der Waals surface area contributed by atoms with E-state index >= 15 is 0 Å². The number of amides is 1. The minimum atomic E-state index is -0.469. The molecule has 0 aliphatic heterocycles. The maximum absolute atomic E-state index is 11.5. The second-order valence-corrected chi connectivity index (χ2v) is 5.55. The fourth-order valence-corrected chi connectivity index (χ4v) is 1.55. The Labute approximate surface area is 123 Å². The van der Waals surface area contributed by atoms with Gasteiger partial charge >= 0.3 is 6.09 Å². The van der Waals surface area contributed by atoms with Crippen LogP contribution < -0.4 is 5.32 Å². The number of nitrogens with one attached hydrogen (secondary N) is 1. The molecular weight excluding hydrogens is 252 g/mol. The zero-order valence-electron chi connectivity index (χ0n) is 13.3. The molecule has 0 bridgehead atoms. The lowest BCUT2D eigenvalue weighted by Gasteiger charge is -2.26. The van der Waals surface area contributed by atoms with Crippen molar-refractivity contribution < 1.29 is 9.53 Å². The molecule has 0 aliphatic rings. The van der Waals surface area contributed by atoms with E-state index < -0.39 is 5.60 Å². The SMILES string of the molecule is C=CC(=C)N(CCCNC(=O)OC(C)(C)C)C(=C)CC. The molecule has 0 rings (SSSR count). The first-order valence-corrected chi connectivity index (χ1v) is 6.94. The van der Waals surface area contributed by atoms with E-state index in [0.29, 0.717) is 6.54 Å². The van der Waals surface area contributed by atoms with Gasteiger partial charge in [-0.15, -0.1) is 0 Å². The van der Waals surface area contributed by atoms with Crippen LogP contribution >= 0.6 is 0 Å². The third kappa shape index (κ3) is 7.67. The highest BCUT2D eigenvalue weighted by Crippen LogP contribution is 2.14. The van der Waals surface area contributed by atoms with Crippen LogP contribution in [0.25, 0.3) is 0 Å². The summed E-state index contributed by atoms with van der Waals surface area (Å²) in [6, 6.07) is 0. The lowest BCUT2D eigenvalue weighted by molar-refractivity contribution is 0.0526. The van der Waals surface area contributed by atoms with E-state index in [0.717, 1.165) is 30.8 Å². The Bertz CT molecular complexity index is 367. The van der Waals surface area contributed by atoms with E-state index in [2.05, 4.69) is 25.1 Å². The number of hydrogen-bond acceptors (Lipinski definition) is 3. The number of ether oxygens (including phenoxy) is 1. The van der Waals surface area contributed by atoms with Crippen LogP contribution in [0.1, 0.15) is 40.5 Å². The lowest BCUT2D eigenvalue weighted by Crippen LogP contribution is -2.34. The third-order valence-corrected chi connectivity index (χ3v) is 2.60. The number of nitrogens with zero attached hydrogens (tertiary/aromatic N) is 1. The molecule has 0 aromatic heterocycles. The highest BCUT2D eigenvalue weighted by molar-refractivity contribution is 5.67. The van der Waals surface area contributed by atoms with Crippen LogP contribution in [-0.4, -0.2) is 29.7 Å². The van der Waals surface area contributed by atoms with Crippen molar-refractivity contribution >= 4 is 6.09 Å². The molecule has 0 aromatic carbocycles.